The number of imidazole rings is 1. The van der Waals surface area contributed by atoms with Crippen LogP contribution in [0, 0.1) is 6.92 Å². The molecule has 0 aliphatic heterocycles. The van der Waals surface area contributed by atoms with Gasteiger partial charge in [-0.05, 0) is 31.2 Å². The van der Waals surface area contributed by atoms with Gasteiger partial charge in [-0.2, -0.15) is 0 Å². The number of fused-ring (bicyclic) bond motifs is 1. The Hall–Kier alpha value is -2.40. The van der Waals surface area contributed by atoms with E-state index in [-0.39, 0.29) is 5.92 Å². The van der Waals surface area contributed by atoms with Crippen LogP contribution in [-0.2, 0) is 0 Å². The Balaban J connectivity index is 2.33. The number of nitrogens with two attached hydrogens (primary N) is 1. The molecule has 5 heteroatoms. The molecule has 118 valence electrons. The summed E-state index contributed by atoms with van der Waals surface area (Å²) in [5, 5.41) is 0. The van der Waals surface area contributed by atoms with Crippen LogP contribution < -0.4 is 10.5 Å². The van der Waals surface area contributed by atoms with Gasteiger partial charge in [0, 0.05) is 17.2 Å². The molecule has 0 bridgehead atoms. The van der Waals surface area contributed by atoms with Crippen molar-refractivity contribution in [2.24, 2.45) is 5.73 Å². The first kappa shape index (κ1) is 15.5. The lowest BCUT2D eigenvalue weighted by Gasteiger charge is -2.14. The lowest BCUT2D eigenvalue weighted by atomic mass is 10.0. The molecule has 0 radical (unpaired) electrons. The molecule has 1 unspecified atom stereocenters. The monoisotopic (exact) mass is 325 g/mol. The summed E-state index contributed by atoms with van der Waals surface area (Å²) in [6, 6.07) is 13.9. The van der Waals surface area contributed by atoms with Crippen LogP contribution in [0.2, 0.25) is 0 Å². The summed E-state index contributed by atoms with van der Waals surface area (Å²) in [4.78, 5) is 5.27. The van der Waals surface area contributed by atoms with E-state index in [1.165, 1.54) is 0 Å². The number of aromatic nitrogens is 2. The third-order valence-corrected chi connectivity index (χ3v) is 4.41. The van der Waals surface area contributed by atoms with Crippen LogP contribution in [0.15, 0.2) is 42.5 Å². The molecule has 0 amide bonds. The Labute approximate surface area is 140 Å². The molecule has 4 nitrogen and oxygen atoms in total. The van der Waals surface area contributed by atoms with Gasteiger partial charge in [0.15, 0.2) is 0 Å². The molecule has 0 saturated carbocycles. The lowest BCUT2D eigenvalue weighted by molar-refractivity contribution is 0.415. The lowest BCUT2D eigenvalue weighted by Crippen LogP contribution is -2.19. The van der Waals surface area contributed by atoms with E-state index < -0.39 is 0 Å². The average Bonchev–Trinajstić information content (AvgIpc) is 2.95. The molecule has 2 N–H and O–H groups in total. The van der Waals surface area contributed by atoms with Gasteiger partial charge < -0.3 is 10.5 Å². The second kappa shape index (κ2) is 6.01. The van der Waals surface area contributed by atoms with Gasteiger partial charge in [-0.3, -0.25) is 4.40 Å². The molecule has 23 heavy (non-hydrogen) atoms. The summed E-state index contributed by atoms with van der Waals surface area (Å²) in [6.07, 6.45) is 0. The van der Waals surface area contributed by atoms with Crippen molar-refractivity contribution in [2.75, 3.05) is 7.11 Å². The molecule has 0 fully saturated rings. The van der Waals surface area contributed by atoms with Crippen LogP contribution in [-0.4, -0.2) is 21.5 Å². The van der Waals surface area contributed by atoms with E-state index in [1.54, 1.807) is 7.11 Å². The van der Waals surface area contributed by atoms with E-state index in [0.29, 0.717) is 4.99 Å². The summed E-state index contributed by atoms with van der Waals surface area (Å²) in [5.41, 5.74) is 10.8. The quantitative estimate of drug-likeness (QED) is 0.743. The Morgan fingerprint density at radius 1 is 1.26 bits per heavy atom. The Kier molecular flexibility index (Phi) is 4.05. The van der Waals surface area contributed by atoms with Crippen molar-refractivity contribution >= 4 is 22.9 Å². The number of benzene rings is 1. The fourth-order valence-corrected chi connectivity index (χ4v) is 2.91. The maximum absolute atomic E-state index is 5.94. The van der Waals surface area contributed by atoms with E-state index in [2.05, 4.69) is 17.4 Å². The van der Waals surface area contributed by atoms with Gasteiger partial charge in [-0.15, -0.1) is 0 Å². The van der Waals surface area contributed by atoms with Gasteiger partial charge in [0.05, 0.1) is 23.5 Å². The van der Waals surface area contributed by atoms with Crippen molar-refractivity contribution in [3.8, 4) is 17.0 Å². The molecule has 3 rings (SSSR count). The minimum absolute atomic E-state index is 0.0812. The van der Waals surface area contributed by atoms with Crippen molar-refractivity contribution in [3.63, 3.8) is 0 Å². The summed E-state index contributed by atoms with van der Waals surface area (Å²) < 4.78 is 7.46. The number of methoxy groups -OCH3 is 1. The van der Waals surface area contributed by atoms with Crippen molar-refractivity contribution in [3.05, 3.63) is 53.9 Å². The highest BCUT2D eigenvalue weighted by atomic mass is 32.1. The fourth-order valence-electron chi connectivity index (χ4n) is 2.80. The van der Waals surface area contributed by atoms with Gasteiger partial charge in [0.2, 0.25) is 0 Å². The van der Waals surface area contributed by atoms with Crippen LogP contribution >= 0.6 is 12.2 Å². The summed E-state index contributed by atoms with van der Waals surface area (Å²) >= 11 is 5.24. The number of nitrogens with zero attached hydrogens (tertiary/aromatic N) is 2. The molecule has 3 aromatic rings. The standard InChI is InChI=1S/C18H19N3OS/c1-11-6-4-9-15-20-16(13-7-5-8-14(10-13)22-3)17(21(11)15)12(2)18(19)23/h4-10,12H,1-3H3,(H2,19,23). The number of pyridine rings is 1. The molecular formula is C18H19N3OS. The fraction of sp³-hybridized carbons (Fsp3) is 0.222. The van der Waals surface area contributed by atoms with Crippen molar-refractivity contribution in [1.29, 1.82) is 0 Å². The van der Waals surface area contributed by atoms with Crippen LogP contribution in [0.3, 0.4) is 0 Å². The van der Waals surface area contributed by atoms with Gasteiger partial charge >= 0.3 is 0 Å². The first-order valence-electron chi connectivity index (χ1n) is 7.44. The average molecular weight is 325 g/mol. The first-order chi connectivity index (χ1) is 11.0. The van der Waals surface area contributed by atoms with Gasteiger partial charge in [0.1, 0.15) is 11.4 Å². The Morgan fingerprint density at radius 3 is 2.70 bits per heavy atom. The van der Waals surface area contributed by atoms with Crippen molar-refractivity contribution < 1.29 is 4.74 Å². The van der Waals surface area contributed by atoms with Crippen molar-refractivity contribution in [2.45, 2.75) is 19.8 Å². The third-order valence-electron chi connectivity index (χ3n) is 4.05. The van der Waals surface area contributed by atoms with Crippen LogP contribution in [0.5, 0.6) is 5.75 Å². The SMILES string of the molecule is COc1cccc(-c2nc3cccc(C)n3c2C(C)C(N)=S)c1. The Bertz CT molecular complexity index is 885. The number of ether oxygens (including phenoxy) is 1. The van der Waals surface area contributed by atoms with E-state index in [0.717, 1.165) is 34.0 Å². The highest BCUT2D eigenvalue weighted by molar-refractivity contribution is 7.80. The smallest absolute Gasteiger partial charge is 0.137 e. The number of hydrogen-bond acceptors (Lipinski definition) is 3. The molecule has 2 aromatic heterocycles. The number of rotatable bonds is 4. The topological polar surface area (TPSA) is 52.5 Å². The normalized spacial score (nSPS) is 12.3. The van der Waals surface area contributed by atoms with Gasteiger partial charge in [-0.1, -0.05) is 37.3 Å². The van der Waals surface area contributed by atoms with Crippen molar-refractivity contribution in [1.82, 2.24) is 9.38 Å². The number of hydrogen-bond donors (Lipinski definition) is 1. The molecule has 1 aromatic carbocycles. The van der Waals surface area contributed by atoms with E-state index in [9.17, 15) is 0 Å². The molecule has 0 aliphatic rings. The highest BCUT2D eigenvalue weighted by Gasteiger charge is 2.22. The highest BCUT2D eigenvalue weighted by Crippen LogP contribution is 2.32. The molecule has 2 heterocycles. The first-order valence-corrected chi connectivity index (χ1v) is 7.85. The predicted molar refractivity (Wildman–Crippen MR) is 97.1 cm³/mol. The zero-order valence-corrected chi connectivity index (χ0v) is 14.2. The zero-order chi connectivity index (χ0) is 16.6. The van der Waals surface area contributed by atoms with Crippen LogP contribution in [0.1, 0.15) is 24.2 Å². The van der Waals surface area contributed by atoms with E-state index >= 15 is 0 Å². The maximum atomic E-state index is 5.94. The molecular weight excluding hydrogens is 306 g/mol. The summed E-state index contributed by atoms with van der Waals surface area (Å²) in [5.74, 6) is 0.715. The second-order valence-electron chi connectivity index (χ2n) is 5.56. The molecule has 0 spiro atoms. The van der Waals surface area contributed by atoms with Gasteiger partial charge in [-0.25, -0.2) is 4.98 Å². The summed E-state index contributed by atoms with van der Waals surface area (Å²) in [7, 11) is 1.66. The second-order valence-corrected chi connectivity index (χ2v) is 6.03. The third kappa shape index (κ3) is 2.68. The summed E-state index contributed by atoms with van der Waals surface area (Å²) in [6.45, 7) is 4.07. The number of aryl methyl sites for hydroxylation is 1. The molecule has 0 saturated heterocycles. The van der Waals surface area contributed by atoms with E-state index in [1.807, 2.05) is 43.3 Å². The van der Waals surface area contributed by atoms with Crippen LogP contribution in [0.4, 0.5) is 0 Å². The zero-order valence-electron chi connectivity index (χ0n) is 13.4. The van der Waals surface area contributed by atoms with E-state index in [4.69, 9.17) is 27.7 Å². The largest absolute Gasteiger partial charge is 0.497 e. The predicted octanol–water partition coefficient (Wildman–Crippen LogP) is 3.71. The van der Waals surface area contributed by atoms with Crippen LogP contribution in [0.25, 0.3) is 16.9 Å². The molecule has 1 atom stereocenters. The minimum Gasteiger partial charge on any atom is -0.497 e. The van der Waals surface area contributed by atoms with Gasteiger partial charge in [0.25, 0.3) is 0 Å². The maximum Gasteiger partial charge on any atom is 0.137 e. The Morgan fingerprint density at radius 2 is 2.00 bits per heavy atom. The molecule has 0 aliphatic carbocycles. The minimum atomic E-state index is -0.0812. The number of thiocarbonyl (C=S) groups is 1.